The first-order valence-corrected chi connectivity index (χ1v) is 11.3. The van der Waals surface area contributed by atoms with Gasteiger partial charge in [0.05, 0.1) is 11.4 Å². The van der Waals surface area contributed by atoms with Gasteiger partial charge < -0.3 is 4.90 Å². The molecule has 5 nitrogen and oxygen atoms in total. The Kier molecular flexibility index (Phi) is 6.00. The Labute approximate surface area is 183 Å². The molecule has 2 aliphatic heterocycles. The van der Waals surface area contributed by atoms with Crippen molar-refractivity contribution in [3.05, 3.63) is 78.4 Å². The molecule has 0 unspecified atom stereocenters. The number of aromatic nitrogens is 2. The molecule has 2 aromatic carbocycles. The average molecular weight is 420 g/mol. The highest BCUT2D eigenvalue weighted by Gasteiger charge is 2.28. The van der Waals surface area contributed by atoms with Crippen molar-refractivity contribution >= 4 is 5.69 Å². The largest absolute Gasteiger partial charge is 0.367 e. The van der Waals surface area contributed by atoms with Crippen LogP contribution in [0, 0.1) is 5.82 Å². The molecule has 1 aromatic heterocycles. The van der Waals surface area contributed by atoms with E-state index in [1.807, 2.05) is 29.1 Å². The molecule has 5 rings (SSSR count). The van der Waals surface area contributed by atoms with Crippen molar-refractivity contribution in [3.8, 4) is 5.69 Å². The molecule has 3 aromatic rings. The first kappa shape index (κ1) is 20.2. The van der Waals surface area contributed by atoms with Gasteiger partial charge in [0.1, 0.15) is 5.82 Å². The first-order chi connectivity index (χ1) is 15.3. The molecule has 1 atom stereocenters. The van der Waals surface area contributed by atoms with E-state index in [0.717, 1.165) is 57.2 Å². The second-order valence-electron chi connectivity index (χ2n) is 8.62. The summed E-state index contributed by atoms with van der Waals surface area (Å²) in [6, 6.07) is 18.4. The van der Waals surface area contributed by atoms with Crippen molar-refractivity contribution in [2.24, 2.45) is 0 Å². The standard InChI is InChI=1S/C25H30FN5/c26-24-6-1-2-7-25(24)30-17-15-29(16-18-30)23-5-3-13-28(20-23)19-21-8-10-22(11-9-21)31-14-4-12-27-31/h1-2,4,6-12,14,23H,3,5,13,15-20H2/t23-/m0/s1. The fraction of sp³-hybridized carbons (Fsp3) is 0.400. The predicted molar refractivity (Wildman–Crippen MR) is 122 cm³/mol. The lowest BCUT2D eigenvalue weighted by atomic mass is 10.0. The fourth-order valence-corrected chi connectivity index (χ4v) is 4.94. The van der Waals surface area contributed by atoms with Crippen molar-refractivity contribution in [2.75, 3.05) is 44.2 Å². The molecule has 0 N–H and O–H groups in total. The second-order valence-corrected chi connectivity index (χ2v) is 8.62. The Bertz CT molecular complexity index is 964. The van der Waals surface area contributed by atoms with Crippen LogP contribution >= 0.6 is 0 Å². The van der Waals surface area contributed by atoms with Gasteiger partial charge in [-0.25, -0.2) is 9.07 Å². The summed E-state index contributed by atoms with van der Waals surface area (Å²) in [6.07, 6.45) is 6.27. The lowest BCUT2D eigenvalue weighted by Gasteiger charge is -2.44. The smallest absolute Gasteiger partial charge is 0.146 e. The van der Waals surface area contributed by atoms with Crippen LogP contribution in [0.3, 0.4) is 0 Å². The summed E-state index contributed by atoms with van der Waals surface area (Å²) >= 11 is 0. The summed E-state index contributed by atoms with van der Waals surface area (Å²) in [5.41, 5.74) is 3.19. The zero-order chi connectivity index (χ0) is 21.0. The minimum Gasteiger partial charge on any atom is -0.367 e. The van der Waals surface area contributed by atoms with E-state index < -0.39 is 0 Å². The van der Waals surface area contributed by atoms with Crippen molar-refractivity contribution in [1.82, 2.24) is 19.6 Å². The third-order valence-electron chi connectivity index (χ3n) is 6.62. The molecule has 0 aliphatic carbocycles. The molecule has 0 saturated carbocycles. The van der Waals surface area contributed by atoms with Gasteiger partial charge in [-0.2, -0.15) is 5.10 Å². The first-order valence-electron chi connectivity index (χ1n) is 11.3. The molecule has 3 heterocycles. The number of hydrogen-bond acceptors (Lipinski definition) is 4. The Morgan fingerprint density at radius 1 is 0.903 bits per heavy atom. The summed E-state index contributed by atoms with van der Waals surface area (Å²) in [6.45, 7) is 7.06. The summed E-state index contributed by atoms with van der Waals surface area (Å²) in [5.74, 6) is -0.113. The number of anilines is 1. The highest BCUT2D eigenvalue weighted by atomic mass is 19.1. The number of halogens is 1. The van der Waals surface area contributed by atoms with Crippen LogP contribution in [0.1, 0.15) is 18.4 Å². The maximum absolute atomic E-state index is 14.1. The summed E-state index contributed by atoms with van der Waals surface area (Å²) < 4.78 is 16.0. The van der Waals surface area contributed by atoms with Crippen LogP contribution < -0.4 is 4.90 Å². The fourth-order valence-electron chi connectivity index (χ4n) is 4.94. The molecule has 0 amide bonds. The molecule has 31 heavy (non-hydrogen) atoms. The highest BCUT2D eigenvalue weighted by molar-refractivity contribution is 5.48. The van der Waals surface area contributed by atoms with Crippen molar-refractivity contribution in [2.45, 2.75) is 25.4 Å². The summed E-state index contributed by atoms with van der Waals surface area (Å²) in [4.78, 5) is 7.39. The van der Waals surface area contributed by atoms with E-state index in [9.17, 15) is 4.39 Å². The number of para-hydroxylation sites is 1. The van der Waals surface area contributed by atoms with Gasteiger partial charge in [-0.05, 0) is 55.3 Å². The molecular formula is C25H30FN5. The molecule has 2 fully saturated rings. The number of likely N-dealkylation sites (tertiary alicyclic amines) is 1. The number of benzene rings is 2. The van der Waals surface area contributed by atoms with Gasteiger partial charge >= 0.3 is 0 Å². The zero-order valence-corrected chi connectivity index (χ0v) is 17.9. The Morgan fingerprint density at radius 3 is 2.45 bits per heavy atom. The number of hydrogen-bond donors (Lipinski definition) is 0. The van der Waals surface area contributed by atoms with Crippen LogP contribution in [0.15, 0.2) is 67.0 Å². The number of rotatable bonds is 5. The molecule has 2 saturated heterocycles. The van der Waals surface area contributed by atoms with E-state index in [1.165, 1.54) is 18.4 Å². The second kappa shape index (κ2) is 9.20. The normalized spacial score (nSPS) is 20.8. The van der Waals surface area contributed by atoms with Crippen LogP contribution in [-0.4, -0.2) is 64.9 Å². The van der Waals surface area contributed by atoms with Crippen LogP contribution in [0.25, 0.3) is 5.69 Å². The van der Waals surface area contributed by atoms with Crippen LogP contribution in [0.5, 0.6) is 0 Å². The average Bonchev–Trinajstić information content (AvgIpc) is 3.35. The van der Waals surface area contributed by atoms with E-state index in [2.05, 4.69) is 44.1 Å². The van der Waals surface area contributed by atoms with E-state index in [-0.39, 0.29) is 5.82 Å². The summed E-state index contributed by atoms with van der Waals surface area (Å²) in [7, 11) is 0. The molecule has 0 spiro atoms. The monoisotopic (exact) mass is 419 g/mol. The van der Waals surface area contributed by atoms with Gasteiger partial charge in [-0.1, -0.05) is 24.3 Å². The molecule has 0 bridgehead atoms. The molecule has 2 aliphatic rings. The van der Waals surface area contributed by atoms with Gasteiger partial charge in [0, 0.05) is 57.7 Å². The molecule has 162 valence electrons. The van der Waals surface area contributed by atoms with Crippen LogP contribution in [-0.2, 0) is 6.54 Å². The minimum absolute atomic E-state index is 0.113. The third kappa shape index (κ3) is 4.65. The van der Waals surface area contributed by atoms with Crippen LogP contribution in [0.4, 0.5) is 10.1 Å². The minimum atomic E-state index is -0.113. The van der Waals surface area contributed by atoms with Gasteiger partial charge in [-0.3, -0.25) is 9.80 Å². The summed E-state index contributed by atoms with van der Waals surface area (Å²) in [5, 5.41) is 4.30. The van der Waals surface area contributed by atoms with E-state index in [4.69, 9.17) is 0 Å². The van der Waals surface area contributed by atoms with E-state index in [0.29, 0.717) is 6.04 Å². The Hall–Kier alpha value is -2.70. The van der Waals surface area contributed by atoms with Gasteiger partial charge in [0.25, 0.3) is 0 Å². The Morgan fingerprint density at radius 2 is 1.71 bits per heavy atom. The zero-order valence-electron chi connectivity index (χ0n) is 17.9. The number of piperazine rings is 1. The van der Waals surface area contributed by atoms with Crippen molar-refractivity contribution in [1.29, 1.82) is 0 Å². The molecular weight excluding hydrogens is 389 g/mol. The maximum atomic E-state index is 14.1. The van der Waals surface area contributed by atoms with Gasteiger partial charge in [0.15, 0.2) is 0 Å². The third-order valence-corrected chi connectivity index (χ3v) is 6.62. The van der Waals surface area contributed by atoms with Gasteiger partial charge in [0.2, 0.25) is 0 Å². The lowest BCUT2D eigenvalue weighted by molar-refractivity contribution is 0.0887. The lowest BCUT2D eigenvalue weighted by Crippen LogP contribution is -2.55. The quantitative estimate of drug-likeness (QED) is 0.629. The van der Waals surface area contributed by atoms with Crippen molar-refractivity contribution in [3.63, 3.8) is 0 Å². The predicted octanol–water partition coefficient (Wildman–Crippen LogP) is 3.80. The number of piperidine rings is 1. The molecule has 0 radical (unpaired) electrons. The topological polar surface area (TPSA) is 27.5 Å². The SMILES string of the molecule is Fc1ccccc1N1CCN([C@H]2CCCN(Cc3ccc(-n4cccn4)cc3)C2)CC1. The molecule has 6 heteroatoms. The maximum Gasteiger partial charge on any atom is 0.146 e. The van der Waals surface area contributed by atoms with Crippen LogP contribution in [0.2, 0.25) is 0 Å². The highest BCUT2D eigenvalue weighted by Crippen LogP contribution is 2.24. The Balaban J connectivity index is 1.15. The van der Waals surface area contributed by atoms with E-state index >= 15 is 0 Å². The number of nitrogens with zero attached hydrogens (tertiary/aromatic N) is 5. The van der Waals surface area contributed by atoms with Crippen molar-refractivity contribution < 1.29 is 4.39 Å². The van der Waals surface area contributed by atoms with Gasteiger partial charge in [-0.15, -0.1) is 0 Å². The van der Waals surface area contributed by atoms with E-state index in [1.54, 1.807) is 18.3 Å².